The first kappa shape index (κ1) is 22.2. The molecule has 0 bridgehead atoms. The van der Waals surface area contributed by atoms with Gasteiger partial charge in [-0.2, -0.15) is 18.4 Å². The summed E-state index contributed by atoms with van der Waals surface area (Å²) in [5.41, 5.74) is 0.0172. The lowest BCUT2D eigenvalue weighted by atomic mass is 10.0. The maximum Gasteiger partial charge on any atom is 0.417 e. The predicted octanol–water partition coefficient (Wildman–Crippen LogP) is 4.39. The highest BCUT2D eigenvalue weighted by Gasteiger charge is 2.34. The molecule has 29 heavy (non-hydrogen) atoms. The molecule has 5 nitrogen and oxygen atoms in total. The number of nitrogens with one attached hydrogen (secondary N) is 1. The van der Waals surface area contributed by atoms with E-state index in [9.17, 15) is 18.0 Å². The van der Waals surface area contributed by atoms with Gasteiger partial charge in [-0.15, -0.1) is 0 Å². The Kier molecular flexibility index (Phi) is 7.21. The van der Waals surface area contributed by atoms with Gasteiger partial charge >= 0.3 is 6.18 Å². The van der Waals surface area contributed by atoms with Crippen molar-refractivity contribution in [3.63, 3.8) is 0 Å². The second-order valence-electron chi connectivity index (χ2n) is 7.04. The van der Waals surface area contributed by atoms with Gasteiger partial charge in [0, 0.05) is 6.20 Å². The van der Waals surface area contributed by atoms with Gasteiger partial charge in [-0.25, -0.2) is 0 Å². The van der Waals surface area contributed by atoms with Gasteiger partial charge in [0.2, 0.25) is 0 Å². The van der Waals surface area contributed by atoms with Crippen LogP contribution in [-0.4, -0.2) is 17.0 Å². The fourth-order valence-electron chi connectivity index (χ4n) is 2.72. The Bertz CT molecular complexity index is 905. The third-order valence-corrected chi connectivity index (χ3v) is 4.22. The van der Waals surface area contributed by atoms with Crippen molar-refractivity contribution in [2.45, 2.75) is 46.0 Å². The van der Waals surface area contributed by atoms with Crippen molar-refractivity contribution in [1.82, 2.24) is 10.3 Å². The van der Waals surface area contributed by atoms with Crippen molar-refractivity contribution in [2.75, 3.05) is 0 Å². The average Bonchev–Trinajstić information content (AvgIpc) is 2.65. The number of nitriles is 1. The van der Waals surface area contributed by atoms with E-state index in [4.69, 9.17) is 10.00 Å². The molecule has 2 aromatic rings. The summed E-state index contributed by atoms with van der Waals surface area (Å²) in [6, 6.07) is 8.23. The van der Waals surface area contributed by atoms with Gasteiger partial charge in [0.25, 0.3) is 5.91 Å². The summed E-state index contributed by atoms with van der Waals surface area (Å²) >= 11 is 0. The third kappa shape index (κ3) is 6.21. The van der Waals surface area contributed by atoms with Crippen LogP contribution in [0.3, 0.4) is 0 Å². The number of halogens is 3. The molecule has 2 rings (SSSR count). The Morgan fingerprint density at radius 3 is 2.62 bits per heavy atom. The van der Waals surface area contributed by atoms with Crippen LogP contribution < -0.4 is 10.1 Å². The molecule has 1 atom stereocenters. The van der Waals surface area contributed by atoms with Crippen LogP contribution in [0.4, 0.5) is 13.2 Å². The molecule has 0 spiro atoms. The lowest BCUT2D eigenvalue weighted by Crippen LogP contribution is -2.39. The highest BCUT2D eigenvalue weighted by atomic mass is 19.4. The van der Waals surface area contributed by atoms with Crippen LogP contribution in [-0.2, 0) is 17.5 Å². The van der Waals surface area contributed by atoms with Crippen molar-refractivity contribution in [2.24, 2.45) is 5.92 Å². The molecular formula is C21H22F3N3O2. The molecule has 0 aliphatic carbocycles. The quantitative estimate of drug-likeness (QED) is 0.741. The number of ether oxygens (including phenoxy) is 1. The molecule has 1 unspecified atom stereocenters. The number of rotatable bonds is 7. The van der Waals surface area contributed by atoms with E-state index in [1.807, 2.05) is 26.8 Å². The van der Waals surface area contributed by atoms with Crippen LogP contribution in [0.5, 0.6) is 5.75 Å². The zero-order valence-corrected chi connectivity index (χ0v) is 16.4. The zero-order valence-electron chi connectivity index (χ0n) is 16.4. The summed E-state index contributed by atoms with van der Waals surface area (Å²) < 4.78 is 45.1. The van der Waals surface area contributed by atoms with Crippen molar-refractivity contribution in [1.29, 1.82) is 5.26 Å². The van der Waals surface area contributed by atoms with E-state index < -0.39 is 29.3 Å². The number of hydrogen-bond donors (Lipinski definition) is 1. The van der Waals surface area contributed by atoms with Crippen LogP contribution in [0.2, 0.25) is 0 Å². The summed E-state index contributed by atoms with van der Waals surface area (Å²) in [5, 5.41) is 11.6. The van der Waals surface area contributed by atoms with E-state index in [1.54, 1.807) is 12.3 Å². The summed E-state index contributed by atoms with van der Waals surface area (Å²) in [4.78, 5) is 16.8. The first-order chi connectivity index (χ1) is 13.6. The minimum absolute atomic E-state index is 0.0720. The minimum atomic E-state index is -4.70. The molecule has 1 aromatic carbocycles. The largest absolute Gasteiger partial charge is 0.481 e. The van der Waals surface area contributed by atoms with Crippen LogP contribution in [0.25, 0.3) is 0 Å². The van der Waals surface area contributed by atoms with E-state index >= 15 is 0 Å². The van der Waals surface area contributed by atoms with Crippen molar-refractivity contribution in [3.8, 4) is 11.8 Å². The number of carbonyl (C=O) groups excluding carboxylic acids is 1. The number of carbonyl (C=O) groups is 1. The molecule has 1 N–H and O–H groups in total. The standard InChI is InChI=1S/C21H22F3N3O2/c1-13(2)9-19(20(28)27-12-18-14(3)5-4-8-26-18)29-16-7-6-15(11-25)17(10-16)21(22,23)24/h4-8,10,13,19H,9,12H2,1-3H3,(H,27,28). The van der Waals surface area contributed by atoms with Crippen LogP contribution in [0.15, 0.2) is 36.5 Å². The number of pyridine rings is 1. The van der Waals surface area contributed by atoms with Gasteiger partial charge in [-0.3, -0.25) is 9.78 Å². The fraction of sp³-hybridized carbons (Fsp3) is 0.381. The van der Waals surface area contributed by atoms with E-state index in [1.165, 1.54) is 12.1 Å². The number of amides is 1. The first-order valence-corrected chi connectivity index (χ1v) is 9.08. The van der Waals surface area contributed by atoms with Gasteiger partial charge in [-0.1, -0.05) is 19.9 Å². The monoisotopic (exact) mass is 405 g/mol. The number of aryl methyl sites for hydroxylation is 1. The lowest BCUT2D eigenvalue weighted by molar-refractivity contribution is -0.137. The summed E-state index contributed by atoms with van der Waals surface area (Å²) in [6.45, 7) is 5.82. The zero-order chi connectivity index (χ0) is 21.6. The van der Waals surface area contributed by atoms with Gasteiger partial charge in [0.15, 0.2) is 6.10 Å². The number of hydrogen-bond acceptors (Lipinski definition) is 4. The topological polar surface area (TPSA) is 75.0 Å². The molecule has 0 saturated carbocycles. The molecule has 0 radical (unpaired) electrons. The number of aromatic nitrogens is 1. The van der Waals surface area contributed by atoms with Crippen LogP contribution >= 0.6 is 0 Å². The Morgan fingerprint density at radius 2 is 2.03 bits per heavy atom. The molecule has 1 amide bonds. The molecule has 0 aliphatic rings. The van der Waals surface area contributed by atoms with Gasteiger partial charge in [0.1, 0.15) is 5.75 Å². The summed E-state index contributed by atoms with van der Waals surface area (Å²) in [7, 11) is 0. The Balaban J connectivity index is 2.19. The van der Waals surface area contributed by atoms with Crippen molar-refractivity contribution < 1.29 is 22.7 Å². The maximum atomic E-state index is 13.2. The van der Waals surface area contributed by atoms with Crippen molar-refractivity contribution >= 4 is 5.91 Å². The number of benzene rings is 1. The molecule has 0 aliphatic heterocycles. The molecular weight excluding hydrogens is 383 g/mol. The SMILES string of the molecule is Cc1cccnc1CNC(=O)C(CC(C)C)Oc1ccc(C#N)c(C(F)(F)F)c1. The molecule has 0 fully saturated rings. The van der Waals surface area contributed by atoms with Crippen LogP contribution in [0.1, 0.15) is 42.7 Å². The number of nitrogens with zero attached hydrogens (tertiary/aromatic N) is 2. The minimum Gasteiger partial charge on any atom is -0.481 e. The Labute approximate surface area is 167 Å². The van der Waals surface area contributed by atoms with Crippen molar-refractivity contribution in [3.05, 3.63) is 58.9 Å². The molecule has 8 heteroatoms. The smallest absolute Gasteiger partial charge is 0.417 e. The predicted molar refractivity (Wildman–Crippen MR) is 101 cm³/mol. The van der Waals surface area contributed by atoms with Crippen LogP contribution in [0, 0.1) is 24.2 Å². The maximum absolute atomic E-state index is 13.2. The van der Waals surface area contributed by atoms with E-state index in [0.717, 1.165) is 17.7 Å². The molecule has 0 saturated heterocycles. The second-order valence-corrected chi connectivity index (χ2v) is 7.04. The van der Waals surface area contributed by atoms with Gasteiger partial charge in [-0.05, 0) is 49.1 Å². The Morgan fingerprint density at radius 1 is 1.31 bits per heavy atom. The Hall–Kier alpha value is -3.08. The third-order valence-electron chi connectivity index (χ3n) is 4.22. The van der Waals surface area contributed by atoms with Gasteiger partial charge in [0.05, 0.1) is 29.4 Å². The summed E-state index contributed by atoms with van der Waals surface area (Å²) in [5.74, 6) is -0.490. The first-order valence-electron chi connectivity index (χ1n) is 9.08. The number of alkyl halides is 3. The average molecular weight is 405 g/mol. The molecule has 154 valence electrons. The van der Waals surface area contributed by atoms with Gasteiger partial charge < -0.3 is 10.1 Å². The summed E-state index contributed by atoms with van der Waals surface area (Å²) in [6.07, 6.45) is -3.75. The van der Waals surface area contributed by atoms with E-state index in [-0.39, 0.29) is 18.2 Å². The highest BCUT2D eigenvalue weighted by Crippen LogP contribution is 2.34. The fourth-order valence-corrected chi connectivity index (χ4v) is 2.72. The second kappa shape index (κ2) is 9.41. The van der Waals surface area contributed by atoms with E-state index in [0.29, 0.717) is 12.1 Å². The highest BCUT2D eigenvalue weighted by molar-refractivity contribution is 5.81. The molecule has 1 aromatic heterocycles. The lowest BCUT2D eigenvalue weighted by Gasteiger charge is -2.21. The normalized spacial score (nSPS) is 12.3. The molecule has 1 heterocycles. The van der Waals surface area contributed by atoms with E-state index in [2.05, 4.69) is 10.3 Å².